The topological polar surface area (TPSA) is 41.5 Å². The third kappa shape index (κ3) is 1.49. The molecule has 3 aliphatic rings. The Labute approximate surface area is 78.5 Å². The van der Waals surface area contributed by atoms with E-state index >= 15 is 0 Å². The molecule has 74 valence electrons. The number of nitrogens with one attached hydrogen (secondary N) is 1. The summed E-state index contributed by atoms with van der Waals surface area (Å²) in [6, 6.07) is 0.854. The van der Waals surface area contributed by atoms with E-state index in [2.05, 4.69) is 5.32 Å². The quantitative estimate of drug-likeness (QED) is 0.639. The molecule has 2 saturated carbocycles. The van der Waals surface area contributed by atoms with Gasteiger partial charge in [-0.15, -0.1) is 0 Å². The Morgan fingerprint density at radius 1 is 1.08 bits per heavy atom. The van der Waals surface area contributed by atoms with Crippen LogP contribution >= 0.6 is 0 Å². The van der Waals surface area contributed by atoms with Gasteiger partial charge in [-0.1, -0.05) is 0 Å². The van der Waals surface area contributed by atoms with E-state index in [1.165, 1.54) is 19.3 Å². The van der Waals surface area contributed by atoms with Crippen LogP contribution in [0, 0.1) is 11.8 Å². The summed E-state index contributed by atoms with van der Waals surface area (Å²) >= 11 is 0. The molecule has 0 spiro atoms. The molecule has 3 nitrogen and oxygen atoms in total. The van der Waals surface area contributed by atoms with Gasteiger partial charge >= 0.3 is 0 Å². The number of hydrogen-bond donors (Lipinski definition) is 2. The van der Waals surface area contributed by atoms with Crippen molar-refractivity contribution >= 4 is 0 Å². The van der Waals surface area contributed by atoms with Gasteiger partial charge in [0.15, 0.2) is 0 Å². The number of rotatable bonds is 2. The largest absolute Gasteiger partial charge is 0.389 e. The molecule has 2 aliphatic carbocycles. The molecule has 3 fully saturated rings. The van der Waals surface area contributed by atoms with E-state index in [4.69, 9.17) is 4.74 Å². The van der Waals surface area contributed by atoms with Crippen LogP contribution in [0.25, 0.3) is 0 Å². The fourth-order valence-electron chi connectivity index (χ4n) is 2.86. The van der Waals surface area contributed by atoms with Gasteiger partial charge in [0.1, 0.15) is 0 Å². The Morgan fingerprint density at radius 2 is 1.85 bits per heavy atom. The molecule has 13 heavy (non-hydrogen) atoms. The summed E-state index contributed by atoms with van der Waals surface area (Å²) in [6.07, 6.45) is 3.83. The third-order valence-corrected chi connectivity index (χ3v) is 3.74. The molecule has 0 amide bonds. The fraction of sp³-hybridized carbons (Fsp3) is 1.00. The van der Waals surface area contributed by atoms with Crippen LogP contribution in [-0.2, 0) is 4.74 Å². The van der Waals surface area contributed by atoms with E-state index in [1.54, 1.807) is 0 Å². The molecular formula is C10H17NO2. The highest BCUT2D eigenvalue weighted by Crippen LogP contribution is 2.51. The van der Waals surface area contributed by atoms with E-state index in [-0.39, 0.29) is 12.1 Å². The zero-order valence-electron chi connectivity index (χ0n) is 7.78. The molecule has 2 N–H and O–H groups in total. The highest BCUT2D eigenvalue weighted by Gasteiger charge is 2.46. The van der Waals surface area contributed by atoms with Crippen molar-refractivity contribution in [1.29, 1.82) is 0 Å². The minimum atomic E-state index is -0.281. The molecule has 1 heterocycles. The lowest BCUT2D eigenvalue weighted by atomic mass is 10.1. The van der Waals surface area contributed by atoms with Crippen LogP contribution in [0.1, 0.15) is 19.3 Å². The normalized spacial score (nSPS) is 53.8. The second kappa shape index (κ2) is 2.94. The summed E-state index contributed by atoms with van der Waals surface area (Å²) in [4.78, 5) is 0. The Bertz CT molecular complexity index is 199. The molecule has 0 aromatic rings. The van der Waals surface area contributed by atoms with Crippen LogP contribution in [0.15, 0.2) is 0 Å². The van der Waals surface area contributed by atoms with Crippen molar-refractivity contribution in [2.45, 2.75) is 37.5 Å². The number of ether oxygens (including phenoxy) is 1. The van der Waals surface area contributed by atoms with Crippen LogP contribution < -0.4 is 5.32 Å². The Kier molecular flexibility index (Phi) is 1.86. The van der Waals surface area contributed by atoms with Crippen molar-refractivity contribution in [3.8, 4) is 0 Å². The summed E-state index contributed by atoms with van der Waals surface area (Å²) in [5.74, 6) is 2.02. The Morgan fingerprint density at radius 3 is 2.46 bits per heavy atom. The van der Waals surface area contributed by atoms with Gasteiger partial charge in [-0.25, -0.2) is 0 Å². The average molecular weight is 183 g/mol. The smallest absolute Gasteiger partial charge is 0.0948 e. The summed E-state index contributed by atoms with van der Waals surface area (Å²) < 4.78 is 5.21. The Hall–Kier alpha value is -0.120. The van der Waals surface area contributed by atoms with Gasteiger partial charge < -0.3 is 15.2 Å². The lowest BCUT2D eigenvalue weighted by Crippen LogP contribution is -2.44. The fourth-order valence-corrected chi connectivity index (χ4v) is 2.86. The van der Waals surface area contributed by atoms with Crippen LogP contribution in [0.5, 0.6) is 0 Å². The molecule has 0 radical (unpaired) electrons. The van der Waals surface area contributed by atoms with Gasteiger partial charge in [0, 0.05) is 6.04 Å². The number of aliphatic hydroxyl groups is 1. The van der Waals surface area contributed by atoms with Crippen molar-refractivity contribution in [2.24, 2.45) is 11.8 Å². The zero-order valence-corrected chi connectivity index (χ0v) is 7.78. The minimum Gasteiger partial charge on any atom is -0.389 e. The molecule has 0 aromatic carbocycles. The highest BCUT2D eigenvalue weighted by atomic mass is 16.5. The molecule has 3 rings (SSSR count). The molecule has 4 unspecified atom stereocenters. The highest BCUT2D eigenvalue weighted by molar-refractivity contribution is 5.00. The van der Waals surface area contributed by atoms with Gasteiger partial charge in [-0.3, -0.25) is 0 Å². The van der Waals surface area contributed by atoms with Gasteiger partial charge in [0.25, 0.3) is 0 Å². The first-order valence-electron chi connectivity index (χ1n) is 5.35. The van der Waals surface area contributed by atoms with Crippen molar-refractivity contribution in [3.63, 3.8) is 0 Å². The number of hydrogen-bond acceptors (Lipinski definition) is 3. The van der Waals surface area contributed by atoms with Crippen molar-refractivity contribution in [3.05, 3.63) is 0 Å². The van der Waals surface area contributed by atoms with E-state index in [0.717, 1.165) is 11.8 Å². The van der Waals surface area contributed by atoms with E-state index in [1.807, 2.05) is 0 Å². The zero-order chi connectivity index (χ0) is 8.84. The van der Waals surface area contributed by atoms with Crippen LogP contribution in [0.2, 0.25) is 0 Å². The Balaban J connectivity index is 1.51. The second-order valence-corrected chi connectivity index (χ2v) is 4.80. The van der Waals surface area contributed by atoms with Crippen molar-refractivity contribution < 1.29 is 9.84 Å². The lowest BCUT2D eigenvalue weighted by molar-refractivity contribution is 0.121. The van der Waals surface area contributed by atoms with E-state index in [9.17, 15) is 5.11 Å². The molecule has 1 saturated heterocycles. The third-order valence-electron chi connectivity index (χ3n) is 3.74. The molecule has 3 heteroatoms. The summed E-state index contributed by atoms with van der Waals surface area (Å²) in [5.41, 5.74) is 0. The SMILES string of the molecule is OC1COCC1NC1CC2CC2C1. The summed E-state index contributed by atoms with van der Waals surface area (Å²) in [6.45, 7) is 1.20. The number of fused-ring (bicyclic) bond motifs is 1. The van der Waals surface area contributed by atoms with Crippen molar-refractivity contribution in [1.82, 2.24) is 5.32 Å². The van der Waals surface area contributed by atoms with Gasteiger partial charge in [0.05, 0.1) is 25.4 Å². The average Bonchev–Trinajstić information content (AvgIpc) is 2.55. The predicted octanol–water partition coefficient (Wildman–Crippen LogP) is 0.134. The minimum absolute atomic E-state index is 0.197. The summed E-state index contributed by atoms with van der Waals surface area (Å²) in [5, 5.41) is 13.1. The molecule has 0 bridgehead atoms. The van der Waals surface area contributed by atoms with Crippen LogP contribution in [0.4, 0.5) is 0 Å². The maximum Gasteiger partial charge on any atom is 0.0948 e. The maximum atomic E-state index is 9.54. The predicted molar refractivity (Wildman–Crippen MR) is 48.4 cm³/mol. The first-order valence-corrected chi connectivity index (χ1v) is 5.35. The first-order chi connectivity index (χ1) is 6.33. The maximum absolute atomic E-state index is 9.54. The molecule has 0 aromatic heterocycles. The first kappa shape index (κ1) is 8.21. The monoisotopic (exact) mass is 183 g/mol. The second-order valence-electron chi connectivity index (χ2n) is 4.80. The lowest BCUT2D eigenvalue weighted by Gasteiger charge is -2.21. The molecule has 1 aliphatic heterocycles. The standard InChI is InChI=1S/C10H17NO2/c12-10-5-13-4-9(10)11-8-2-6-1-7(6)3-8/h6-12H,1-5H2. The van der Waals surface area contributed by atoms with Crippen LogP contribution in [-0.4, -0.2) is 36.5 Å². The molecule has 4 atom stereocenters. The van der Waals surface area contributed by atoms with Crippen LogP contribution in [0.3, 0.4) is 0 Å². The van der Waals surface area contributed by atoms with Crippen molar-refractivity contribution in [2.75, 3.05) is 13.2 Å². The summed E-state index contributed by atoms with van der Waals surface area (Å²) in [7, 11) is 0. The van der Waals surface area contributed by atoms with Gasteiger partial charge in [-0.05, 0) is 31.1 Å². The molecular weight excluding hydrogens is 166 g/mol. The van der Waals surface area contributed by atoms with Gasteiger partial charge in [0.2, 0.25) is 0 Å². The van der Waals surface area contributed by atoms with Gasteiger partial charge in [-0.2, -0.15) is 0 Å². The van der Waals surface area contributed by atoms with E-state index in [0.29, 0.717) is 19.3 Å². The number of aliphatic hydroxyl groups excluding tert-OH is 1. The van der Waals surface area contributed by atoms with E-state index < -0.39 is 0 Å².